The molecule has 138 valence electrons. The van der Waals surface area contributed by atoms with Crippen LogP contribution in [0.4, 0.5) is 11.4 Å². The van der Waals surface area contributed by atoms with Crippen LogP contribution >= 0.6 is 23.4 Å². The number of amides is 1. The third kappa shape index (κ3) is 4.63. The molecule has 27 heavy (non-hydrogen) atoms. The summed E-state index contributed by atoms with van der Waals surface area (Å²) in [7, 11) is 0. The average Bonchev–Trinajstić information content (AvgIpc) is 3.10. The number of aryl methyl sites for hydroxylation is 1. The van der Waals surface area contributed by atoms with Crippen molar-refractivity contribution in [2.24, 2.45) is 0 Å². The highest BCUT2D eigenvalue weighted by Gasteiger charge is 2.14. The van der Waals surface area contributed by atoms with Crippen molar-refractivity contribution in [1.82, 2.24) is 14.8 Å². The van der Waals surface area contributed by atoms with Crippen LogP contribution in [0, 0.1) is 17.0 Å². The summed E-state index contributed by atoms with van der Waals surface area (Å²) in [5, 5.41) is 22.6. The zero-order valence-corrected chi connectivity index (χ0v) is 15.7. The zero-order chi connectivity index (χ0) is 19.4. The fourth-order valence-corrected chi connectivity index (χ4v) is 3.25. The van der Waals surface area contributed by atoms with Crippen molar-refractivity contribution < 1.29 is 9.72 Å². The fourth-order valence-electron chi connectivity index (χ4n) is 2.34. The van der Waals surface area contributed by atoms with E-state index in [1.807, 2.05) is 12.1 Å². The molecule has 0 fully saturated rings. The van der Waals surface area contributed by atoms with E-state index in [1.54, 1.807) is 35.8 Å². The first-order valence-electron chi connectivity index (χ1n) is 7.77. The van der Waals surface area contributed by atoms with Gasteiger partial charge < -0.3 is 5.32 Å². The molecule has 0 radical (unpaired) electrons. The van der Waals surface area contributed by atoms with Crippen molar-refractivity contribution in [3.63, 3.8) is 0 Å². The molecule has 0 saturated heterocycles. The van der Waals surface area contributed by atoms with Crippen molar-refractivity contribution in [3.8, 4) is 5.69 Å². The maximum absolute atomic E-state index is 12.2. The lowest BCUT2D eigenvalue weighted by molar-refractivity contribution is -0.385. The number of carbonyl (C=O) groups excluding carboxylic acids is 1. The van der Waals surface area contributed by atoms with E-state index >= 15 is 0 Å². The lowest BCUT2D eigenvalue weighted by Gasteiger charge is -2.08. The third-order valence-electron chi connectivity index (χ3n) is 3.62. The molecule has 0 aliphatic rings. The summed E-state index contributed by atoms with van der Waals surface area (Å²) in [6.07, 6.45) is 1.54. The average molecular weight is 404 g/mol. The van der Waals surface area contributed by atoms with E-state index in [9.17, 15) is 14.9 Å². The van der Waals surface area contributed by atoms with Crippen LogP contribution in [0.3, 0.4) is 0 Å². The number of nitro groups is 1. The van der Waals surface area contributed by atoms with Gasteiger partial charge in [0.1, 0.15) is 6.33 Å². The first kappa shape index (κ1) is 18.9. The van der Waals surface area contributed by atoms with Crippen LogP contribution in [0.15, 0.2) is 53.9 Å². The molecule has 1 N–H and O–H groups in total. The number of hydrogen-bond acceptors (Lipinski definition) is 6. The molecular formula is C17H14ClN5O3S. The minimum absolute atomic E-state index is 0.0406. The van der Waals surface area contributed by atoms with Crippen molar-refractivity contribution in [3.05, 3.63) is 69.5 Å². The van der Waals surface area contributed by atoms with Crippen molar-refractivity contribution in [1.29, 1.82) is 0 Å². The van der Waals surface area contributed by atoms with E-state index in [1.165, 1.54) is 24.2 Å². The quantitative estimate of drug-likeness (QED) is 0.380. The number of thioether (sulfide) groups is 1. The summed E-state index contributed by atoms with van der Waals surface area (Å²) in [5.41, 5.74) is 1.64. The van der Waals surface area contributed by atoms with Gasteiger partial charge in [0.05, 0.1) is 16.4 Å². The van der Waals surface area contributed by atoms with Gasteiger partial charge in [-0.15, -0.1) is 10.2 Å². The van der Waals surface area contributed by atoms with Crippen molar-refractivity contribution in [2.45, 2.75) is 12.1 Å². The molecule has 0 atom stereocenters. The summed E-state index contributed by atoms with van der Waals surface area (Å²) in [6.45, 7) is 1.64. The number of aromatic nitrogens is 3. The third-order valence-corrected chi connectivity index (χ3v) is 4.80. The van der Waals surface area contributed by atoms with Gasteiger partial charge in [0, 0.05) is 22.3 Å². The van der Waals surface area contributed by atoms with E-state index in [0.717, 1.165) is 5.69 Å². The van der Waals surface area contributed by atoms with Crippen LogP contribution in [0.5, 0.6) is 0 Å². The molecule has 8 nitrogen and oxygen atoms in total. The normalized spacial score (nSPS) is 10.6. The molecule has 0 saturated carbocycles. The first-order valence-corrected chi connectivity index (χ1v) is 9.14. The van der Waals surface area contributed by atoms with E-state index in [0.29, 0.717) is 21.4 Å². The van der Waals surface area contributed by atoms with E-state index < -0.39 is 4.92 Å². The number of hydrogen-bond donors (Lipinski definition) is 1. The molecule has 0 bridgehead atoms. The highest BCUT2D eigenvalue weighted by Crippen LogP contribution is 2.24. The van der Waals surface area contributed by atoms with Gasteiger partial charge in [-0.2, -0.15) is 0 Å². The molecule has 0 spiro atoms. The second-order valence-electron chi connectivity index (χ2n) is 5.56. The molecule has 0 unspecified atom stereocenters. The molecule has 2 aromatic carbocycles. The number of nitrogens with one attached hydrogen (secondary N) is 1. The topological polar surface area (TPSA) is 103 Å². The van der Waals surface area contributed by atoms with Crippen LogP contribution in [-0.4, -0.2) is 31.3 Å². The summed E-state index contributed by atoms with van der Waals surface area (Å²) < 4.78 is 1.72. The van der Waals surface area contributed by atoms with E-state index in [2.05, 4.69) is 15.5 Å². The summed E-state index contributed by atoms with van der Waals surface area (Å²) >= 11 is 7.20. The van der Waals surface area contributed by atoms with Gasteiger partial charge in [-0.1, -0.05) is 35.5 Å². The lowest BCUT2D eigenvalue weighted by Crippen LogP contribution is -2.14. The number of carbonyl (C=O) groups is 1. The molecule has 1 heterocycles. The number of nitro benzene ring substituents is 1. The number of halogens is 1. The highest BCUT2D eigenvalue weighted by atomic mass is 35.5. The Hall–Kier alpha value is -2.91. The van der Waals surface area contributed by atoms with Gasteiger partial charge in [-0.25, -0.2) is 0 Å². The fraction of sp³-hybridized carbons (Fsp3) is 0.118. The standard InChI is InChI=1S/C17H14ClN5O3S/c1-11-5-6-13(8-15(11)23(25)26)20-16(24)9-27-17-21-19-10-22(17)14-4-2-3-12(18)7-14/h2-8,10H,9H2,1H3,(H,20,24). The minimum Gasteiger partial charge on any atom is -0.325 e. The smallest absolute Gasteiger partial charge is 0.274 e. The van der Waals surface area contributed by atoms with Crippen LogP contribution in [0.2, 0.25) is 5.02 Å². The Kier molecular flexibility index (Phi) is 5.72. The Bertz CT molecular complexity index is 1010. The number of anilines is 1. The second-order valence-corrected chi connectivity index (χ2v) is 6.94. The predicted molar refractivity (Wildman–Crippen MR) is 104 cm³/mol. The number of benzene rings is 2. The SMILES string of the molecule is Cc1ccc(NC(=O)CSc2nncn2-c2cccc(Cl)c2)cc1[N+](=O)[O-]. The Morgan fingerprint density at radius 3 is 2.89 bits per heavy atom. The highest BCUT2D eigenvalue weighted by molar-refractivity contribution is 7.99. The maximum Gasteiger partial charge on any atom is 0.274 e. The molecule has 1 aromatic heterocycles. The van der Waals surface area contributed by atoms with Crippen LogP contribution in [0.1, 0.15) is 5.56 Å². The predicted octanol–water partition coefficient (Wildman–Crippen LogP) is 3.87. The Balaban J connectivity index is 1.66. The molecule has 10 heteroatoms. The second kappa shape index (κ2) is 8.19. The number of nitrogens with zero attached hydrogens (tertiary/aromatic N) is 4. The Morgan fingerprint density at radius 2 is 2.15 bits per heavy atom. The van der Waals surface area contributed by atoms with Gasteiger partial charge in [-0.3, -0.25) is 19.5 Å². The molecule has 1 amide bonds. The Morgan fingerprint density at radius 1 is 1.33 bits per heavy atom. The van der Waals surface area contributed by atoms with Gasteiger partial charge in [0.15, 0.2) is 5.16 Å². The van der Waals surface area contributed by atoms with Crippen LogP contribution < -0.4 is 5.32 Å². The molecule has 3 aromatic rings. The zero-order valence-electron chi connectivity index (χ0n) is 14.1. The summed E-state index contributed by atoms with van der Waals surface area (Å²) in [6, 6.07) is 11.7. The molecule has 3 rings (SSSR count). The van der Waals surface area contributed by atoms with Gasteiger partial charge >= 0.3 is 0 Å². The van der Waals surface area contributed by atoms with Gasteiger partial charge in [0.25, 0.3) is 5.69 Å². The van der Waals surface area contributed by atoms with Gasteiger partial charge in [0.2, 0.25) is 5.91 Å². The minimum atomic E-state index is -0.479. The monoisotopic (exact) mass is 403 g/mol. The van der Waals surface area contributed by atoms with E-state index in [-0.39, 0.29) is 17.3 Å². The molecule has 0 aliphatic heterocycles. The molecular weight excluding hydrogens is 390 g/mol. The summed E-state index contributed by atoms with van der Waals surface area (Å²) in [5.74, 6) is -0.236. The number of rotatable bonds is 6. The van der Waals surface area contributed by atoms with Gasteiger partial charge in [-0.05, 0) is 31.2 Å². The largest absolute Gasteiger partial charge is 0.325 e. The summed E-state index contributed by atoms with van der Waals surface area (Å²) in [4.78, 5) is 22.7. The van der Waals surface area contributed by atoms with Crippen LogP contribution in [-0.2, 0) is 4.79 Å². The molecule has 0 aliphatic carbocycles. The maximum atomic E-state index is 12.2. The van der Waals surface area contributed by atoms with Crippen molar-refractivity contribution >= 4 is 40.6 Å². The Labute approximate surface area is 163 Å². The van der Waals surface area contributed by atoms with E-state index in [4.69, 9.17) is 11.6 Å². The first-order chi connectivity index (χ1) is 12.9. The lowest BCUT2D eigenvalue weighted by atomic mass is 10.2. The van der Waals surface area contributed by atoms with Crippen LogP contribution in [0.25, 0.3) is 5.69 Å². The van der Waals surface area contributed by atoms with Crippen molar-refractivity contribution in [2.75, 3.05) is 11.1 Å².